The molecule has 1 N–H and O–H groups in total. The van der Waals surface area contributed by atoms with Gasteiger partial charge in [-0.2, -0.15) is 0 Å². The Morgan fingerprint density at radius 3 is 2.48 bits per heavy atom. The zero-order valence-electron chi connectivity index (χ0n) is 13.1. The molecule has 1 aromatic carbocycles. The molecule has 0 heterocycles. The maximum absolute atomic E-state index is 12.3. The van der Waals surface area contributed by atoms with Crippen molar-refractivity contribution in [1.82, 2.24) is 5.06 Å². The van der Waals surface area contributed by atoms with E-state index in [9.17, 15) is 18.4 Å². The van der Waals surface area contributed by atoms with E-state index in [2.05, 4.69) is 6.08 Å². The molecule has 0 radical (unpaired) electrons. The van der Waals surface area contributed by atoms with Gasteiger partial charge in [0.05, 0.1) is 17.2 Å². The molecule has 3 atom stereocenters. The fourth-order valence-corrected chi connectivity index (χ4v) is 4.64. The van der Waals surface area contributed by atoms with Crippen molar-refractivity contribution in [2.75, 3.05) is 12.3 Å². The Balaban J connectivity index is 1.60. The third-order valence-corrected chi connectivity index (χ3v) is 6.51. The molecular weight excluding hydrogens is 314 g/mol. The number of carbonyl (C=O) groups excluding carboxylic acids is 1. The fourth-order valence-electron chi connectivity index (χ4n) is 3.44. The number of benzene rings is 1. The Kier molecular flexibility index (Phi) is 4.29. The quantitative estimate of drug-likeness (QED) is 0.508. The number of hydrogen-bond acceptors (Lipinski definition) is 4. The van der Waals surface area contributed by atoms with Crippen LogP contribution in [0.5, 0.6) is 0 Å². The molecular formula is C17H21NO4S. The summed E-state index contributed by atoms with van der Waals surface area (Å²) in [7, 11) is -3.51. The van der Waals surface area contributed by atoms with Gasteiger partial charge in [-0.15, -0.1) is 0 Å². The maximum Gasteiger partial charge on any atom is 0.249 e. The molecule has 1 saturated carbocycles. The lowest BCUT2D eigenvalue weighted by molar-refractivity contribution is -0.169. The van der Waals surface area contributed by atoms with Crippen LogP contribution in [0.2, 0.25) is 0 Å². The molecule has 0 saturated heterocycles. The molecule has 23 heavy (non-hydrogen) atoms. The van der Waals surface area contributed by atoms with Gasteiger partial charge >= 0.3 is 0 Å². The van der Waals surface area contributed by atoms with Gasteiger partial charge in [0, 0.05) is 5.92 Å². The maximum atomic E-state index is 12.3. The van der Waals surface area contributed by atoms with E-state index < -0.39 is 9.84 Å². The van der Waals surface area contributed by atoms with Gasteiger partial charge in [-0.1, -0.05) is 29.8 Å². The predicted octanol–water partition coefficient (Wildman–Crippen LogP) is 2.20. The van der Waals surface area contributed by atoms with Gasteiger partial charge < -0.3 is 0 Å². The summed E-state index contributed by atoms with van der Waals surface area (Å²) in [6, 6.07) is 6.57. The predicted molar refractivity (Wildman–Crippen MR) is 85.6 cm³/mol. The highest BCUT2D eigenvalue weighted by Gasteiger charge is 2.41. The van der Waals surface area contributed by atoms with Gasteiger partial charge in [-0.25, -0.2) is 13.5 Å². The van der Waals surface area contributed by atoms with E-state index in [0.29, 0.717) is 11.0 Å². The van der Waals surface area contributed by atoms with Crippen LogP contribution in [-0.2, 0) is 14.6 Å². The average molecular weight is 335 g/mol. The minimum Gasteiger partial charge on any atom is -0.286 e. The summed E-state index contributed by atoms with van der Waals surface area (Å²) in [4.78, 5) is 12.5. The minimum atomic E-state index is -3.51. The molecule has 0 aromatic heterocycles. The Labute approximate surface area is 136 Å². The normalized spacial score (nSPS) is 25.7. The third kappa shape index (κ3) is 3.33. The van der Waals surface area contributed by atoms with Crippen LogP contribution in [0.1, 0.15) is 18.4 Å². The molecule has 1 fully saturated rings. The molecule has 0 aliphatic heterocycles. The minimum absolute atomic E-state index is 0.191. The number of carbonyl (C=O) groups is 1. The van der Waals surface area contributed by atoms with Crippen LogP contribution in [0.3, 0.4) is 0 Å². The van der Waals surface area contributed by atoms with E-state index in [4.69, 9.17) is 0 Å². The number of hydroxylamine groups is 2. The SMILES string of the molecule is Cc1ccc(S(=O)(=O)CCN(O)C(=O)C2CC3C=CC2C3)cc1. The van der Waals surface area contributed by atoms with Crippen LogP contribution >= 0.6 is 0 Å². The lowest BCUT2D eigenvalue weighted by atomic mass is 9.93. The van der Waals surface area contributed by atoms with Gasteiger partial charge in [0.25, 0.3) is 0 Å². The molecule has 124 valence electrons. The van der Waals surface area contributed by atoms with Crippen LogP contribution in [0.15, 0.2) is 41.3 Å². The summed E-state index contributed by atoms with van der Waals surface area (Å²) in [6.45, 7) is 1.68. The van der Waals surface area contributed by atoms with Crippen molar-refractivity contribution in [2.45, 2.75) is 24.7 Å². The topological polar surface area (TPSA) is 74.7 Å². The zero-order valence-corrected chi connectivity index (χ0v) is 13.9. The molecule has 5 nitrogen and oxygen atoms in total. The Morgan fingerprint density at radius 1 is 1.22 bits per heavy atom. The molecule has 3 rings (SSSR count). The second-order valence-electron chi connectivity index (χ2n) is 6.48. The fraction of sp³-hybridized carbons (Fsp3) is 0.471. The molecule has 2 bridgehead atoms. The van der Waals surface area contributed by atoms with E-state index in [1.165, 1.54) is 0 Å². The van der Waals surface area contributed by atoms with Crippen LogP contribution in [0.4, 0.5) is 0 Å². The monoisotopic (exact) mass is 335 g/mol. The van der Waals surface area contributed by atoms with Gasteiger partial charge in [0.15, 0.2) is 9.84 Å². The van der Waals surface area contributed by atoms with Crippen molar-refractivity contribution >= 4 is 15.7 Å². The Morgan fingerprint density at radius 2 is 1.91 bits per heavy atom. The molecule has 6 heteroatoms. The summed E-state index contributed by atoms with van der Waals surface area (Å²) in [5.74, 6) is -0.234. The molecule has 0 spiro atoms. The van der Waals surface area contributed by atoms with Crippen molar-refractivity contribution < 1.29 is 18.4 Å². The number of sulfone groups is 1. The van der Waals surface area contributed by atoms with Crippen LogP contribution in [0, 0.1) is 24.7 Å². The Bertz CT molecular complexity index is 723. The molecule has 1 aromatic rings. The highest BCUT2D eigenvalue weighted by molar-refractivity contribution is 7.91. The number of hydrogen-bond donors (Lipinski definition) is 1. The number of aryl methyl sites for hydroxylation is 1. The lowest BCUT2D eigenvalue weighted by Gasteiger charge is -2.22. The second-order valence-corrected chi connectivity index (χ2v) is 8.59. The molecule has 2 aliphatic rings. The summed E-state index contributed by atoms with van der Waals surface area (Å²) >= 11 is 0. The summed E-state index contributed by atoms with van der Waals surface area (Å²) < 4.78 is 24.5. The first-order valence-corrected chi connectivity index (χ1v) is 9.50. The van der Waals surface area contributed by atoms with Crippen molar-refractivity contribution in [3.63, 3.8) is 0 Å². The molecule has 2 aliphatic carbocycles. The molecule has 3 unspecified atom stereocenters. The van der Waals surface area contributed by atoms with E-state index in [1.54, 1.807) is 24.3 Å². The number of fused-ring (bicyclic) bond motifs is 2. The van der Waals surface area contributed by atoms with Crippen molar-refractivity contribution in [3.05, 3.63) is 42.0 Å². The summed E-state index contributed by atoms with van der Waals surface area (Å²) in [5.41, 5.74) is 0.979. The average Bonchev–Trinajstić information content (AvgIpc) is 3.15. The van der Waals surface area contributed by atoms with E-state index in [0.717, 1.165) is 18.4 Å². The van der Waals surface area contributed by atoms with E-state index in [-0.39, 0.29) is 34.9 Å². The number of rotatable bonds is 5. The van der Waals surface area contributed by atoms with Crippen molar-refractivity contribution in [1.29, 1.82) is 0 Å². The van der Waals surface area contributed by atoms with Crippen molar-refractivity contribution in [3.8, 4) is 0 Å². The van der Waals surface area contributed by atoms with Gasteiger partial charge in [-0.05, 0) is 43.7 Å². The standard InChI is InChI=1S/C17H21NO4S/c1-12-2-6-15(7-3-12)23(21,22)9-8-18(20)17(19)16-11-13-4-5-14(16)10-13/h2-7,13-14,16,20H,8-11H2,1H3. The second kappa shape index (κ2) is 6.09. The first-order chi connectivity index (χ1) is 10.9. The first kappa shape index (κ1) is 16.2. The number of allylic oxidation sites excluding steroid dienone is 2. The lowest BCUT2D eigenvalue weighted by Crippen LogP contribution is -2.38. The summed E-state index contributed by atoms with van der Waals surface area (Å²) in [6.07, 6.45) is 5.87. The smallest absolute Gasteiger partial charge is 0.249 e. The highest BCUT2D eigenvalue weighted by Crippen LogP contribution is 2.44. The van der Waals surface area contributed by atoms with Gasteiger partial charge in [0.2, 0.25) is 5.91 Å². The summed E-state index contributed by atoms with van der Waals surface area (Å²) in [5, 5.41) is 10.5. The van der Waals surface area contributed by atoms with E-state index >= 15 is 0 Å². The third-order valence-electron chi connectivity index (χ3n) is 4.80. The zero-order chi connectivity index (χ0) is 16.6. The van der Waals surface area contributed by atoms with Gasteiger partial charge in [0.1, 0.15) is 0 Å². The molecule has 1 amide bonds. The number of amides is 1. The van der Waals surface area contributed by atoms with Gasteiger partial charge in [-0.3, -0.25) is 10.0 Å². The largest absolute Gasteiger partial charge is 0.286 e. The highest BCUT2D eigenvalue weighted by atomic mass is 32.2. The Hall–Kier alpha value is -1.66. The first-order valence-electron chi connectivity index (χ1n) is 7.85. The van der Waals surface area contributed by atoms with Crippen LogP contribution < -0.4 is 0 Å². The van der Waals surface area contributed by atoms with Crippen LogP contribution in [-0.4, -0.2) is 36.9 Å². The van der Waals surface area contributed by atoms with Crippen molar-refractivity contribution in [2.24, 2.45) is 17.8 Å². The van der Waals surface area contributed by atoms with E-state index in [1.807, 2.05) is 13.0 Å². The van der Waals surface area contributed by atoms with Crippen LogP contribution in [0.25, 0.3) is 0 Å². The number of nitrogens with zero attached hydrogens (tertiary/aromatic N) is 1.